The number of fused-ring (bicyclic) bond motifs is 1. The maximum absolute atomic E-state index is 12.0. The monoisotopic (exact) mass is 292 g/mol. The first kappa shape index (κ1) is 15.2. The molecule has 1 aliphatic rings. The summed E-state index contributed by atoms with van der Waals surface area (Å²) in [6.07, 6.45) is 1.28. The van der Waals surface area contributed by atoms with Crippen molar-refractivity contribution in [3.8, 4) is 5.75 Å². The second-order valence-corrected chi connectivity index (χ2v) is 5.00. The van der Waals surface area contributed by atoms with Crippen LogP contribution in [0.3, 0.4) is 0 Å². The fraction of sp³-hybridized carbons (Fsp3) is 0.467. The van der Waals surface area contributed by atoms with Gasteiger partial charge in [0, 0.05) is 31.6 Å². The molecule has 6 heteroatoms. The first-order valence-electron chi connectivity index (χ1n) is 7.01. The van der Waals surface area contributed by atoms with E-state index in [1.165, 1.54) is 0 Å². The number of carbonyl (C=O) groups is 2. The van der Waals surface area contributed by atoms with Crippen LogP contribution in [0, 0.1) is 0 Å². The zero-order valence-corrected chi connectivity index (χ0v) is 12.1. The van der Waals surface area contributed by atoms with E-state index in [0.717, 1.165) is 23.3 Å². The van der Waals surface area contributed by atoms with Gasteiger partial charge in [0.1, 0.15) is 5.75 Å². The number of benzene rings is 1. The molecule has 0 aliphatic carbocycles. The minimum Gasteiger partial charge on any atom is -0.496 e. The summed E-state index contributed by atoms with van der Waals surface area (Å²) >= 11 is 0. The fourth-order valence-electron chi connectivity index (χ4n) is 2.49. The van der Waals surface area contributed by atoms with E-state index in [0.29, 0.717) is 26.1 Å². The van der Waals surface area contributed by atoms with Gasteiger partial charge in [-0.25, -0.2) is 4.79 Å². The number of carboxylic acids is 1. The van der Waals surface area contributed by atoms with Gasteiger partial charge in [-0.1, -0.05) is 12.1 Å². The molecule has 1 aliphatic heterocycles. The summed E-state index contributed by atoms with van der Waals surface area (Å²) in [6.45, 7) is 1.57. The quantitative estimate of drug-likeness (QED) is 0.808. The Labute approximate surface area is 123 Å². The predicted molar refractivity (Wildman–Crippen MR) is 77.4 cm³/mol. The number of nitrogens with zero attached hydrogens (tertiary/aromatic N) is 1. The van der Waals surface area contributed by atoms with Crippen LogP contribution in [0.2, 0.25) is 0 Å². The smallest absolute Gasteiger partial charge is 0.317 e. The van der Waals surface area contributed by atoms with Crippen LogP contribution in [0.15, 0.2) is 18.2 Å². The molecule has 0 saturated heterocycles. The third-order valence-corrected chi connectivity index (χ3v) is 3.57. The summed E-state index contributed by atoms with van der Waals surface area (Å²) in [6, 6.07) is 5.71. The number of carbonyl (C=O) groups excluding carboxylic acids is 1. The minimum absolute atomic E-state index is 0.0698. The molecule has 0 saturated carbocycles. The van der Waals surface area contributed by atoms with Crippen molar-refractivity contribution < 1.29 is 19.4 Å². The third kappa shape index (κ3) is 3.87. The maximum Gasteiger partial charge on any atom is 0.317 e. The normalized spacial score (nSPS) is 13.5. The SMILES string of the molecule is COc1cccc2c1CCN(C(=O)NCCCC(=O)O)C2. The molecule has 0 atom stereocenters. The van der Waals surface area contributed by atoms with E-state index in [2.05, 4.69) is 5.32 Å². The van der Waals surface area contributed by atoms with Crippen LogP contribution in [-0.4, -0.2) is 42.2 Å². The largest absolute Gasteiger partial charge is 0.496 e. The van der Waals surface area contributed by atoms with Crippen LogP contribution >= 0.6 is 0 Å². The highest BCUT2D eigenvalue weighted by Crippen LogP contribution is 2.27. The Morgan fingerprint density at radius 2 is 2.24 bits per heavy atom. The van der Waals surface area contributed by atoms with Gasteiger partial charge in [-0.3, -0.25) is 4.79 Å². The lowest BCUT2D eigenvalue weighted by molar-refractivity contribution is -0.137. The van der Waals surface area contributed by atoms with Crippen LogP contribution in [-0.2, 0) is 17.8 Å². The molecule has 2 N–H and O–H groups in total. The molecule has 2 amide bonds. The van der Waals surface area contributed by atoms with Gasteiger partial charge in [-0.15, -0.1) is 0 Å². The number of amides is 2. The minimum atomic E-state index is -0.844. The number of hydrogen-bond acceptors (Lipinski definition) is 3. The van der Waals surface area contributed by atoms with Crippen LogP contribution in [0.25, 0.3) is 0 Å². The molecule has 6 nitrogen and oxygen atoms in total. The number of urea groups is 1. The Morgan fingerprint density at radius 1 is 1.43 bits per heavy atom. The molecule has 0 aromatic heterocycles. The summed E-state index contributed by atoms with van der Waals surface area (Å²) in [4.78, 5) is 24.2. The molecule has 0 radical (unpaired) electrons. The molecular weight excluding hydrogens is 272 g/mol. The number of rotatable bonds is 5. The van der Waals surface area contributed by atoms with E-state index >= 15 is 0 Å². The van der Waals surface area contributed by atoms with E-state index in [-0.39, 0.29) is 12.5 Å². The molecule has 1 heterocycles. The van der Waals surface area contributed by atoms with E-state index in [4.69, 9.17) is 9.84 Å². The van der Waals surface area contributed by atoms with Crippen molar-refractivity contribution in [2.75, 3.05) is 20.2 Å². The molecule has 1 aromatic rings. The van der Waals surface area contributed by atoms with Crippen molar-refractivity contribution in [1.29, 1.82) is 0 Å². The highest BCUT2D eigenvalue weighted by molar-refractivity contribution is 5.74. The van der Waals surface area contributed by atoms with Gasteiger partial charge >= 0.3 is 12.0 Å². The Bertz CT molecular complexity index is 530. The lowest BCUT2D eigenvalue weighted by atomic mass is 9.99. The van der Waals surface area contributed by atoms with Gasteiger partial charge in [0.05, 0.1) is 7.11 Å². The van der Waals surface area contributed by atoms with Crippen LogP contribution in [0.5, 0.6) is 5.75 Å². The second kappa shape index (κ2) is 6.97. The molecular formula is C15H20N2O4. The maximum atomic E-state index is 12.0. The number of carboxylic acid groups (broad SMARTS) is 1. The average Bonchev–Trinajstić information content (AvgIpc) is 2.49. The van der Waals surface area contributed by atoms with Gasteiger partial charge in [-0.05, 0) is 24.5 Å². The number of nitrogens with one attached hydrogen (secondary N) is 1. The van der Waals surface area contributed by atoms with Gasteiger partial charge < -0.3 is 20.1 Å². The summed E-state index contributed by atoms with van der Waals surface area (Å²) in [5.74, 6) is 0.0252. The topological polar surface area (TPSA) is 78.9 Å². The Morgan fingerprint density at radius 3 is 2.95 bits per heavy atom. The second-order valence-electron chi connectivity index (χ2n) is 5.00. The van der Waals surface area contributed by atoms with E-state index in [9.17, 15) is 9.59 Å². The molecule has 0 bridgehead atoms. The van der Waals surface area contributed by atoms with Crippen LogP contribution in [0.4, 0.5) is 4.79 Å². The van der Waals surface area contributed by atoms with Crippen LogP contribution in [0.1, 0.15) is 24.0 Å². The highest BCUT2D eigenvalue weighted by Gasteiger charge is 2.22. The van der Waals surface area contributed by atoms with Crippen molar-refractivity contribution in [2.24, 2.45) is 0 Å². The first-order valence-corrected chi connectivity index (χ1v) is 7.01. The van der Waals surface area contributed by atoms with Crippen LogP contribution < -0.4 is 10.1 Å². The number of methoxy groups -OCH3 is 1. The van der Waals surface area contributed by atoms with Crippen molar-refractivity contribution in [3.63, 3.8) is 0 Å². The van der Waals surface area contributed by atoms with Gasteiger partial charge in [0.15, 0.2) is 0 Å². The summed E-state index contributed by atoms with van der Waals surface area (Å²) in [5, 5.41) is 11.3. The van der Waals surface area contributed by atoms with Gasteiger partial charge in [-0.2, -0.15) is 0 Å². The molecule has 0 spiro atoms. The van der Waals surface area contributed by atoms with Crippen molar-refractivity contribution in [3.05, 3.63) is 29.3 Å². The Balaban J connectivity index is 1.89. The summed E-state index contributed by atoms with van der Waals surface area (Å²) < 4.78 is 5.34. The molecule has 2 rings (SSSR count). The van der Waals surface area contributed by atoms with E-state index in [1.54, 1.807) is 12.0 Å². The Hall–Kier alpha value is -2.24. The molecule has 1 aromatic carbocycles. The van der Waals surface area contributed by atoms with Gasteiger partial charge in [0.2, 0.25) is 0 Å². The first-order chi connectivity index (χ1) is 10.1. The molecule has 0 unspecified atom stereocenters. The zero-order chi connectivity index (χ0) is 15.2. The zero-order valence-electron chi connectivity index (χ0n) is 12.1. The predicted octanol–water partition coefficient (Wildman–Crippen LogP) is 1.63. The number of aliphatic carboxylic acids is 1. The average molecular weight is 292 g/mol. The lowest BCUT2D eigenvalue weighted by Crippen LogP contribution is -2.43. The number of ether oxygens (including phenoxy) is 1. The van der Waals surface area contributed by atoms with Crippen molar-refractivity contribution in [1.82, 2.24) is 10.2 Å². The van der Waals surface area contributed by atoms with Crippen molar-refractivity contribution >= 4 is 12.0 Å². The summed E-state index contributed by atoms with van der Waals surface area (Å²) in [5.41, 5.74) is 2.26. The van der Waals surface area contributed by atoms with E-state index < -0.39 is 5.97 Å². The molecule has 21 heavy (non-hydrogen) atoms. The number of hydrogen-bond donors (Lipinski definition) is 2. The van der Waals surface area contributed by atoms with Crippen molar-refractivity contribution in [2.45, 2.75) is 25.8 Å². The van der Waals surface area contributed by atoms with E-state index in [1.807, 2.05) is 18.2 Å². The fourth-order valence-corrected chi connectivity index (χ4v) is 2.49. The summed E-state index contributed by atoms with van der Waals surface area (Å²) in [7, 11) is 1.65. The lowest BCUT2D eigenvalue weighted by Gasteiger charge is -2.29. The third-order valence-electron chi connectivity index (χ3n) is 3.57. The highest BCUT2D eigenvalue weighted by atomic mass is 16.5. The van der Waals surface area contributed by atoms with Gasteiger partial charge in [0.25, 0.3) is 0 Å². The standard InChI is InChI=1S/C15H20N2O4/c1-21-13-5-2-4-11-10-17(9-7-12(11)13)15(20)16-8-3-6-14(18)19/h2,4-5H,3,6-10H2,1H3,(H,16,20)(H,18,19). The molecule has 114 valence electrons. The Kier molecular flexibility index (Phi) is 5.03. The molecule has 0 fully saturated rings.